The molecule has 0 saturated carbocycles. The van der Waals surface area contributed by atoms with E-state index in [4.69, 9.17) is 21.1 Å². The van der Waals surface area contributed by atoms with E-state index in [-0.39, 0.29) is 10.6 Å². The van der Waals surface area contributed by atoms with Crippen molar-refractivity contribution in [1.29, 1.82) is 0 Å². The van der Waals surface area contributed by atoms with E-state index in [9.17, 15) is 36.6 Å². The van der Waals surface area contributed by atoms with E-state index in [1.165, 1.54) is 0 Å². The van der Waals surface area contributed by atoms with E-state index >= 15 is 0 Å². The number of nitrogens with one attached hydrogen (secondary N) is 2. The van der Waals surface area contributed by atoms with E-state index in [2.05, 4.69) is 10.6 Å². The summed E-state index contributed by atoms with van der Waals surface area (Å²) >= 11 is 5.95. The maximum atomic E-state index is 13.8. The van der Waals surface area contributed by atoms with Gasteiger partial charge in [0.05, 0.1) is 10.7 Å². The number of carbonyl (C=O) groups is 2. The molecule has 0 unspecified atom stereocenters. The van der Waals surface area contributed by atoms with E-state index in [1.807, 2.05) is 0 Å². The van der Waals surface area contributed by atoms with Crippen LogP contribution < -0.4 is 15.4 Å². The second kappa shape index (κ2) is 11.6. The van der Waals surface area contributed by atoms with Crippen LogP contribution in [0.4, 0.5) is 32.4 Å². The lowest BCUT2D eigenvalue weighted by Crippen LogP contribution is -2.44. The first-order valence-corrected chi connectivity index (χ1v) is 10.9. The Kier molecular flexibility index (Phi) is 9.36. The predicted octanol–water partition coefficient (Wildman–Crippen LogP) is 6.19. The molecule has 13 heteroatoms. The van der Waals surface area contributed by atoms with Crippen LogP contribution in [-0.4, -0.2) is 42.0 Å². The molecule has 0 aliphatic rings. The van der Waals surface area contributed by atoms with Gasteiger partial charge in [0.15, 0.2) is 5.75 Å². The minimum Gasteiger partial charge on any atom is -0.480 e. The first kappa shape index (κ1) is 29.0. The normalized spacial score (nSPS) is 12.6. The molecule has 0 spiro atoms. The Hall–Kier alpha value is -3.28. The predicted molar refractivity (Wildman–Crippen MR) is 122 cm³/mol. The van der Waals surface area contributed by atoms with E-state index in [1.54, 1.807) is 20.8 Å². The van der Waals surface area contributed by atoms with Gasteiger partial charge in [0.1, 0.15) is 35.4 Å². The highest BCUT2D eigenvalue weighted by Crippen LogP contribution is 2.45. The van der Waals surface area contributed by atoms with Crippen molar-refractivity contribution in [3.63, 3.8) is 0 Å². The fourth-order valence-corrected chi connectivity index (χ4v) is 3.18. The van der Waals surface area contributed by atoms with Crippen molar-refractivity contribution in [3.8, 4) is 11.5 Å². The lowest BCUT2D eigenvalue weighted by Gasteiger charge is -2.24. The van der Waals surface area contributed by atoms with Gasteiger partial charge < -0.3 is 25.2 Å². The molecule has 0 aliphatic carbocycles. The van der Waals surface area contributed by atoms with Gasteiger partial charge in [0.2, 0.25) is 0 Å². The summed E-state index contributed by atoms with van der Waals surface area (Å²) in [5, 5.41) is 14.0. The van der Waals surface area contributed by atoms with Gasteiger partial charge in [0.25, 0.3) is 0 Å². The van der Waals surface area contributed by atoms with Gasteiger partial charge in [-0.05, 0) is 44.5 Å². The molecule has 0 saturated heterocycles. The van der Waals surface area contributed by atoms with Gasteiger partial charge >= 0.3 is 18.2 Å². The number of benzene rings is 2. The van der Waals surface area contributed by atoms with E-state index in [0.717, 1.165) is 24.3 Å². The van der Waals surface area contributed by atoms with Crippen LogP contribution in [0.15, 0.2) is 30.3 Å². The number of amides is 1. The van der Waals surface area contributed by atoms with Crippen LogP contribution in [0, 0.1) is 5.82 Å². The number of hydrogen-bond acceptors (Lipinski definition) is 5. The van der Waals surface area contributed by atoms with Crippen LogP contribution in [0.25, 0.3) is 0 Å². The summed E-state index contributed by atoms with van der Waals surface area (Å²) in [5.41, 5.74) is -2.72. The van der Waals surface area contributed by atoms with Crippen molar-refractivity contribution in [1.82, 2.24) is 5.32 Å². The number of alkyl halides is 4. The Morgan fingerprint density at radius 2 is 1.81 bits per heavy atom. The molecule has 0 aromatic heterocycles. The van der Waals surface area contributed by atoms with Crippen molar-refractivity contribution < 1.29 is 46.1 Å². The van der Waals surface area contributed by atoms with E-state index < -0.39 is 78.1 Å². The topological polar surface area (TPSA) is 96.9 Å². The molecule has 0 radical (unpaired) electrons. The van der Waals surface area contributed by atoms with Gasteiger partial charge in [-0.2, -0.15) is 13.2 Å². The highest BCUT2D eigenvalue weighted by molar-refractivity contribution is 6.32. The largest absolute Gasteiger partial charge is 0.480 e. The number of aliphatic carboxylic acids is 1. The minimum absolute atomic E-state index is 0.0672. The summed E-state index contributed by atoms with van der Waals surface area (Å²) in [5.74, 6) is -3.68. The number of alkyl carbamates (subject to hydrolysis) is 1. The molecule has 2 rings (SSSR count). The van der Waals surface area contributed by atoms with Crippen molar-refractivity contribution >= 4 is 29.4 Å². The number of carboxylic acids is 1. The summed E-state index contributed by atoms with van der Waals surface area (Å²) in [4.78, 5) is 23.9. The smallest absolute Gasteiger partial charge is 0.420 e. The number of ether oxygens (including phenoxy) is 2. The van der Waals surface area contributed by atoms with Crippen molar-refractivity contribution in [2.75, 3.05) is 18.5 Å². The Balaban J connectivity index is 2.59. The number of carbonyl (C=O) groups excluding carboxylic acids is 1. The molecule has 198 valence electrons. The summed E-state index contributed by atoms with van der Waals surface area (Å²) in [6.45, 7) is 3.21. The van der Waals surface area contributed by atoms with Gasteiger partial charge in [-0.15, -0.1) is 0 Å². The number of carboxylic acid groups (broad SMARTS) is 1. The molecule has 1 atom stereocenters. The SMILES string of the molecule is CC(C)(C)OC(=O)N[C@H](Cc1ccc(C(F)(F)F)c(Oc2cc(F)ccc2Cl)c1NCCF)C(=O)O. The van der Waals surface area contributed by atoms with Crippen molar-refractivity contribution in [3.05, 3.63) is 52.3 Å². The Labute approximate surface area is 208 Å². The first-order valence-electron chi connectivity index (χ1n) is 10.5. The number of rotatable bonds is 9. The lowest BCUT2D eigenvalue weighted by atomic mass is 10.00. The first-order chi connectivity index (χ1) is 16.6. The average Bonchev–Trinajstić information content (AvgIpc) is 2.73. The molecule has 1 amide bonds. The molecule has 3 N–H and O–H groups in total. The third-order valence-corrected chi connectivity index (χ3v) is 4.78. The van der Waals surface area contributed by atoms with Crippen molar-refractivity contribution in [2.24, 2.45) is 0 Å². The van der Waals surface area contributed by atoms with Crippen LogP contribution in [0.2, 0.25) is 5.02 Å². The molecule has 2 aromatic rings. The van der Waals surface area contributed by atoms with Gasteiger partial charge in [0, 0.05) is 19.0 Å². The third kappa shape index (κ3) is 8.14. The number of anilines is 1. The minimum atomic E-state index is -4.96. The molecular weight excluding hydrogens is 515 g/mol. The summed E-state index contributed by atoms with van der Waals surface area (Å²) in [6.07, 6.45) is -6.56. The molecule has 0 bridgehead atoms. The molecule has 0 heterocycles. The second-order valence-electron chi connectivity index (χ2n) is 8.51. The van der Waals surface area contributed by atoms with Crippen LogP contribution in [0.1, 0.15) is 31.9 Å². The zero-order chi connectivity index (χ0) is 27.3. The molecule has 36 heavy (non-hydrogen) atoms. The fourth-order valence-electron chi connectivity index (χ4n) is 3.02. The van der Waals surface area contributed by atoms with Crippen LogP contribution in [-0.2, 0) is 22.1 Å². The zero-order valence-corrected chi connectivity index (χ0v) is 20.2. The fraction of sp³-hybridized carbons (Fsp3) is 0.391. The highest BCUT2D eigenvalue weighted by atomic mass is 35.5. The number of halogens is 6. The van der Waals surface area contributed by atoms with E-state index in [0.29, 0.717) is 6.07 Å². The molecule has 2 aromatic carbocycles. The Morgan fingerprint density at radius 1 is 1.14 bits per heavy atom. The lowest BCUT2D eigenvalue weighted by molar-refractivity contribution is -0.140. The number of hydrogen-bond donors (Lipinski definition) is 3. The highest BCUT2D eigenvalue weighted by Gasteiger charge is 2.37. The quantitative estimate of drug-likeness (QED) is 0.329. The zero-order valence-electron chi connectivity index (χ0n) is 19.4. The molecular formula is C23H24ClF5N2O5. The van der Waals surface area contributed by atoms with Gasteiger partial charge in [-0.25, -0.2) is 18.4 Å². The summed E-state index contributed by atoms with van der Waals surface area (Å²) < 4.78 is 78.6. The Morgan fingerprint density at radius 3 is 2.36 bits per heavy atom. The molecule has 7 nitrogen and oxygen atoms in total. The molecule has 0 fully saturated rings. The third-order valence-electron chi connectivity index (χ3n) is 4.46. The van der Waals surface area contributed by atoms with Gasteiger partial charge in [-0.1, -0.05) is 17.7 Å². The standard InChI is InChI=1S/C23H24ClF5N2O5/c1-22(2,3)36-21(34)31-16(20(32)33)10-12-4-6-14(23(27,28)29)19(18(12)30-9-8-25)35-17-11-13(26)5-7-15(17)24/h4-7,11,16,30H,8-10H2,1-3H3,(H,31,34)(H,32,33)/t16-/m1/s1. The Bertz CT molecular complexity index is 1110. The maximum absolute atomic E-state index is 13.8. The molecule has 0 aliphatic heterocycles. The summed E-state index contributed by atoms with van der Waals surface area (Å²) in [7, 11) is 0. The monoisotopic (exact) mass is 538 g/mol. The van der Waals surface area contributed by atoms with Crippen LogP contribution in [0.5, 0.6) is 11.5 Å². The maximum Gasteiger partial charge on any atom is 0.420 e. The second-order valence-corrected chi connectivity index (χ2v) is 8.92. The van der Waals surface area contributed by atoms with Gasteiger partial charge in [-0.3, -0.25) is 0 Å². The summed E-state index contributed by atoms with van der Waals surface area (Å²) in [6, 6.07) is 2.77. The van der Waals surface area contributed by atoms with Crippen molar-refractivity contribution in [2.45, 2.75) is 45.0 Å². The van der Waals surface area contributed by atoms with Crippen LogP contribution in [0.3, 0.4) is 0 Å². The van der Waals surface area contributed by atoms with Crippen LogP contribution >= 0.6 is 11.6 Å². The average molecular weight is 539 g/mol.